The van der Waals surface area contributed by atoms with Crippen LogP contribution in [0.3, 0.4) is 0 Å². The van der Waals surface area contributed by atoms with Crippen LogP contribution in [-0.4, -0.2) is 6.71 Å². The molecule has 3 saturated heterocycles. The van der Waals surface area contributed by atoms with Crippen LogP contribution in [0.2, 0.25) is 18.0 Å². The molecule has 0 nitrogen and oxygen atoms in total. The third-order valence-corrected chi connectivity index (χ3v) is 5.24. The number of hydrogen-bond donors (Lipinski definition) is 0. The minimum absolute atomic E-state index is 0.702. The van der Waals surface area contributed by atoms with Gasteiger partial charge in [0.25, 0.3) is 0 Å². The highest BCUT2D eigenvalue weighted by molar-refractivity contribution is 6.63. The number of rotatable bonds is 0. The maximum atomic E-state index is 2.53. The molecule has 4 bridgehead atoms. The molecule has 0 amide bonds. The van der Waals surface area contributed by atoms with E-state index in [0.717, 1.165) is 24.5 Å². The molecule has 3 aliphatic heterocycles. The molecule has 1 aliphatic carbocycles. The van der Waals surface area contributed by atoms with Gasteiger partial charge >= 0.3 is 0 Å². The minimum Gasteiger partial charge on any atom is -0.0708 e. The molecule has 4 aliphatic rings. The Balaban J connectivity index is 1.96. The normalized spacial score (nSPS) is 48.5. The van der Waals surface area contributed by atoms with Crippen LogP contribution in [0.4, 0.5) is 0 Å². The van der Waals surface area contributed by atoms with Crippen molar-refractivity contribution in [2.75, 3.05) is 0 Å². The van der Waals surface area contributed by atoms with E-state index >= 15 is 0 Å². The summed E-state index contributed by atoms with van der Waals surface area (Å²) in [5.41, 5.74) is 0. The van der Waals surface area contributed by atoms with E-state index in [1.165, 1.54) is 0 Å². The SMILES string of the molecule is CC1(C)B2CC3CC(C2)CC1C3. The Morgan fingerprint density at radius 3 is 2.08 bits per heavy atom. The molecule has 0 aromatic heterocycles. The van der Waals surface area contributed by atoms with Gasteiger partial charge in [0.2, 0.25) is 0 Å². The van der Waals surface area contributed by atoms with Gasteiger partial charge in [-0.15, -0.1) is 0 Å². The average Bonchev–Trinajstić information content (AvgIpc) is 1.99. The summed E-state index contributed by atoms with van der Waals surface area (Å²) in [7, 11) is 0. The summed E-state index contributed by atoms with van der Waals surface area (Å²) in [6.07, 6.45) is 7.86. The van der Waals surface area contributed by atoms with Gasteiger partial charge in [0.1, 0.15) is 6.71 Å². The van der Waals surface area contributed by atoms with Crippen molar-refractivity contribution < 1.29 is 0 Å². The summed E-state index contributed by atoms with van der Waals surface area (Å²) in [5.74, 6) is 3.37. The first kappa shape index (κ1) is 7.47. The van der Waals surface area contributed by atoms with Crippen LogP contribution in [-0.2, 0) is 0 Å². The van der Waals surface area contributed by atoms with E-state index in [-0.39, 0.29) is 0 Å². The Kier molecular flexibility index (Phi) is 1.31. The van der Waals surface area contributed by atoms with Crippen LogP contribution < -0.4 is 0 Å². The summed E-state index contributed by atoms with van der Waals surface area (Å²) in [6.45, 7) is 6.15. The Morgan fingerprint density at radius 2 is 1.58 bits per heavy atom. The smallest absolute Gasteiger partial charge is 0.0708 e. The van der Waals surface area contributed by atoms with Crippen molar-refractivity contribution in [2.24, 2.45) is 17.8 Å². The molecule has 0 spiro atoms. The second-order valence-electron chi connectivity index (χ2n) is 6.13. The lowest BCUT2D eigenvalue weighted by atomic mass is 9.18. The molecule has 0 aromatic carbocycles. The van der Waals surface area contributed by atoms with Gasteiger partial charge in [-0.25, -0.2) is 0 Å². The van der Waals surface area contributed by atoms with Crippen molar-refractivity contribution in [3.8, 4) is 0 Å². The standard InChI is InChI=1S/C11H19B/c1-11(2)10-4-8-3-9(5-10)7-12(11)6-8/h8-10H,3-7H2,1-2H3. The summed E-state index contributed by atoms with van der Waals surface area (Å²) >= 11 is 0. The van der Waals surface area contributed by atoms with Crippen LogP contribution in [0.1, 0.15) is 33.1 Å². The monoisotopic (exact) mass is 162 g/mol. The van der Waals surface area contributed by atoms with E-state index < -0.39 is 0 Å². The lowest BCUT2D eigenvalue weighted by Gasteiger charge is -2.57. The highest BCUT2D eigenvalue weighted by atomic mass is 14.5. The van der Waals surface area contributed by atoms with E-state index in [1.54, 1.807) is 31.9 Å². The molecule has 66 valence electrons. The predicted molar refractivity (Wildman–Crippen MR) is 53.7 cm³/mol. The van der Waals surface area contributed by atoms with Crippen molar-refractivity contribution in [3.05, 3.63) is 0 Å². The molecular formula is C11H19B. The van der Waals surface area contributed by atoms with Crippen LogP contribution in [0, 0.1) is 17.8 Å². The number of hydrogen-bond acceptors (Lipinski definition) is 0. The molecule has 0 radical (unpaired) electrons. The quantitative estimate of drug-likeness (QED) is 0.479. The van der Waals surface area contributed by atoms with Crippen molar-refractivity contribution in [3.63, 3.8) is 0 Å². The molecule has 4 fully saturated rings. The van der Waals surface area contributed by atoms with Crippen molar-refractivity contribution >= 4 is 6.71 Å². The van der Waals surface area contributed by atoms with Crippen molar-refractivity contribution in [1.29, 1.82) is 0 Å². The Labute approximate surface area is 76.2 Å². The highest BCUT2D eigenvalue weighted by Gasteiger charge is 2.53. The lowest BCUT2D eigenvalue weighted by molar-refractivity contribution is 0.135. The van der Waals surface area contributed by atoms with E-state index in [1.807, 2.05) is 0 Å². The third-order valence-electron chi connectivity index (χ3n) is 5.24. The first-order valence-corrected chi connectivity index (χ1v) is 5.66. The van der Waals surface area contributed by atoms with Gasteiger partial charge in [0.05, 0.1) is 0 Å². The largest absolute Gasteiger partial charge is 0.146 e. The zero-order chi connectivity index (χ0) is 8.34. The molecule has 1 heteroatoms. The first-order chi connectivity index (χ1) is 5.66. The summed E-state index contributed by atoms with van der Waals surface area (Å²) in [4.78, 5) is 0. The fourth-order valence-electron chi connectivity index (χ4n) is 4.40. The second-order valence-corrected chi connectivity index (χ2v) is 6.13. The Hall–Kier alpha value is 0.0649. The maximum absolute atomic E-state index is 2.53. The lowest BCUT2D eigenvalue weighted by Crippen LogP contribution is -2.51. The maximum Gasteiger partial charge on any atom is 0.146 e. The fourth-order valence-corrected chi connectivity index (χ4v) is 4.40. The first-order valence-electron chi connectivity index (χ1n) is 5.66. The second kappa shape index (κ2) is 2.11. The molecule has 3 heterocycles. The summed E-state index contributed by atoms with van der Waals surface area (Å²) < 4.78 is 0. The molecule has 2 unspecified atom stereocenters. The van der Waals surface area contributed by atoms with Gasteiger partial charge in [-0.3, -0.25) is 0 Å². The van der Waals surface area contributed by atoms with Gasteiger partial charge < -0.3 is 0 Å². The topological polar surface area (TPSA) is 0 Å². The predicted octanol–water partition coefficient (Wildman–Crippen LogP) is 3.32. The van der Waals surface area contributed by atoms with Crippen molar-refractivity contribution in [1.82, 2.24) is 0 Å². The van der Waals surface area contributed by atoms with E-state index in [4.69, 9.17) is 0 Å². The third kappa shape index (κ3) is 0.804. The van der Waals surface area contributed by atoms with Gasteiger partial charge in [-0.2, -0.15) is 0 Å². The molecule has 1 saturated carbocycles. The molecule has 2 atom stereocenters. The van der Waals surface area contributed by atoms with E-state index in [2.05, 4.69) is 13.8 Å². The molecule has 0 aromatic rings. The average molecular weight is 162 g/mol. The summed E-state index contributed by atoms with van der Waals surface area (Å²) in [5, 5.41) is 0.702. The molecular weight excluding hydrogens is 143 g/mol. The van der Waals surface area contributed by atoms with Crippen LogP contribution in [0.15, 0.2) is 0 Å². The van der Waals surface area contributed by atoms with E-state index in [0.29, 0.717) is 5.31 Å². The van der Waals surface area contributed by atoms with Gasteiger partial charge in [0.15, 0.2) is 0 Å². The fraction of sp³-hybridized carbons (Fsp3) is 1.00. The highest BCUT2D eigenvalue weighted by Crippen LogP contribution is 2.62. The van der Waals surface area contributed by atoms with E-state index in [9.17, 15) is 0 Å². The Bertz CT molecular complexity index is 177. The zero-order valence-corrected chi connectivity index (χ0v) is 8.34. The molecule has 0 N–H and O–H groups in total. The van der Waals surface area contributed by atoms with Crippen LogP contribution in [0.25, 0.3) is 0 Å². The van der Waals surface area contributed by atoms with Crippen LogP contribution >= 0.6 is 0 Å². The minimum atomic E-state index is 0.702. The van der Waals surface area contributed by atoms with Crippen molar-refractivity contribution in [2.45, 2.75) is 51.1 Å². The van der Waals surface area contributed by atoms with Gasteiger partial charge in [-0.05, 0) is 37.0 Å². The Morgan fingerprint density at radius 1 is 1.00 bits per heavy atom. The molecule has 12 heavy (non-hydrogen) atoms. The van der Waals surface area contributed by atoms with Gasteiger partial charge in [0, 0.05) is 0 Å². The van der Waals surface area contributed by atoms with Gasteiger partial charge in [-0.1, -0.05) is 31.8 Å². The van der Waals surface area contributed by atoms with Crippen LogP contribution in [0.5, 0.6) is 0 Å². The zero-order valence-electron chi connectivity index (χ0n) is 8.34. The summed E-state index contributed by atoms with van der Waals surface area (Å²) in [6, 6.07) is 0. The molecule has 4 rings (SSSR count).